The van der Waals surface area contributed by atoms with Crippen molar-refractivity contribution in [3.63, 3.8) is 0 Å². The molecule has 1 aromatic carbocycles. The molecule has 1 aromatic rings. The average molecular weight is 265 g/mol. The fourth-order valence-corrected chi connectivity index (χ4v) is 1.53. The van der Waals surface area contributed by atoms with E-state index in [9.17, 15) is 14.9 Å². The minimum Gasteiger partial charge on any atom is -0.354 e. The number of non-ortho nitro benzene ring substituents is 1. The molecule has 1 atom stereocenters. The fourth-order valence-electron chi connectivity index (χ4n) is 1.53. The van der Waals surface area contributed by atoms with Gasteiger partial charge in [-0.3, -0.25) is 14.9 Å². The summed E-state index contributed by atoms with van der Waals surface area (Å²) in [6.45, 7) is 4.25. The number of nitrogens with two attached hydrogens (primary N) is 1. The molecule has 0 aliphatic heterocycles. The molecule has 0 unspecified atom stereocenters. The first-order valence-corrected chi connectivity index (χ1v) is 6.18. The van der Waals surface area contributed by atoms with Crippen molar-refractivity contribution in [1.29, 1.82) is 0 Å². The second-order valence-electron chi connectivity index (χ2n) is 4.73. The summed E-state index contributed by atoms with van der Waals surface area (Å²) >= 11 is 0. The van der Waals surface area contributed by atoms with Crippen LogP contribution in [-0.2, 0) is 11.2 Å². The molecule has 6 nitrogen and oxygen atoms in total. The Kier molecular flexibility index (Phi) is 5.44. The molecule has 0 aromatic heterocycles. The molecule has 0 radical (unpaired) electrons. The Bertz CT molecular complexity index is 443. The first kappa shape index (κ1) is 15.1. The largest absolute Gasteiger partial charge is 0.354 e. The van der Waals surface area contributed by atoms with E-state index in [0.29, 0.717) is 13.0 Å². The fraction of sp³-hybridized carbons (Fsp3) is 0.462. The SMILES string of the molecule is CC(C)[C@H](N)C(=O)NCCc1ccc([N+](=O)[O-])cc1. The first-order valence-electron chi connectivity index (χ1n) is 6.18. The van der Waals surface area contributed by atoms with Crippen molar-refractivity contribution < 1.29 is 9.72 Å². The van der Waals surface area contributed by atoms with Crippen LogP contribution in [0, 0.1) is 16.0 Å². The van der Waals surface area contributed by atoms with Gasteiger partial charge in [0.05, 0.1) is 11.0 Å². The number of hydrogen-bond donors (Lipinski definition) is 2. The highest BCUT2D eigenvalue weighted by molar-refractivity contribution is 5.81. The molecule has 0 heterocycles. The number of nitro benzene ring substituents is 1. The normalized spacial score (nSPS) is 12.2. The number of nitro groups is 1. The quantitative estimate of drug-likeness (QED) is 0.597. The van der Waals surface area contributed by atoms with Crippen LogP contribution in [0.3, 0.4) is 0 Å². The summed E-state index contributed by atoms with van der Waals surface area (Å²) in [6.07, 6.45) is 0.620. The van der Waals surface area contributed by atoms with Crippen LogP contribution in [0.15, 0.2) is 24.3 Å². The van der Waals surface area contributed by atoms with Gasteiger partial charge in [0.2, 0.25) is 5.91 Å². The summed E-state index contributed by atoms with van der Waals surface area (Å²) in [6, 6.07) is 5.78. The van der Waals surface area contributed by atoms with Crippen molar-refractivity contribution in [3.05, 3.63) is 39.9 Å². The zero-order valence-electron chi connectivity index (χ0n) is 11.1. The monoisotopic (exact) mass is 265 g/mol. The van der Waals surface area contributed by atoms with E-state index in [-0.39, 0.29) is 17.5 Å². The molecule has 0 aliphatic carbocycles. The lowest BCUT2D eigenvalue weighted by molar-refractivity contribution is -0.384. The van der Waals surface area contributed by atoms with E-state index in [1.807, 2.05) is 13.8 Å². The van der Waals surface area contributed by atoms with Crippen LogP contribution in [0.1, 0.15) is 19.4 Å². The second kappa shape index (κ2) is 6.84. The van der Waals surface area contributed by atoms with Crippen LogP contribution in [0.2, 0.25) is 0 Å². The smallest absolute Gasteiger partial charge is 0.269 e. The Morgan fingerprint density at radius 1 is 1.37 bits per heavy atom. The predicted molar refractivity (Wildman–Crippen MR) is 72.6 cm³/mol. The molecule has 1 amide bonds. The van der Waals surface area contributed by atoms with Gasteiger partial charge in [0.1, 0.15) is 0 Å². The highest BCUT2D eigenvalue weighted by Crippen LogP contribution is 2.11. The van der Waals surface area contributed by atoms with E-state index < -0.39 is 11.0 Å². The van der Waals surface area contributed by atoms with E-state index in [1.165, 1.54) is 12.1 Å². The molecule has 19 heavy (non-hydrogen) atoms. The van der Waals surface area contributed by atoms with Crippen molar-refractivity contribution in [1.82, 2.24) is 5.32 Å². The molecule has 0 bridgehead atoms. The van der Waals surface area contributed by atoms with E-state index in [1.54, 1.807) is 12.1 Å². The molecule has 0 fully saturated rings. The van der Waals surface area contributed by atoms with Gasteiger partial charge in [0.25, 0.3) is 5.69 Å². The molecule has 104 valence electrons. The van der Waals surface area contributed by atoms with Gasteiger partial charge in [-0.2, -0.15) is 0 Å². The molecule has 0 saturated heterocycles. The summed E-state index contributed by atoms with van der Waals surface area (Å²) in [5, 5.41) is 13.2. The summed E-state index contributed by atoms with van der Waals surface area (Å²) in [5.74, 6) is -0.0729. The maximum Gasteiger partial charge on any atom is 0.269 e. The summed E-state index contributed by atoms with van der Waals surface area (Å²) in [4.78, 5) is 21.6. The summed E-state index contributed by atoms with van der Waals surface area (Å²) in [7, 11) is 0. The summed E-state index contributed by atoms with van der Waals surface area (Å²) < 4.78 is 0. The number of rotatable bonds is 6. The maximum atomic E-state index is 11.6. The first-order chi connectivity index (χ1) is 8.91. The number of benzene rings is 1. The van der Waals surface area contributed by atoms with Crippen molar-refractivity contribution in [3.8, 4) is 0 Å². The van der Waals surface area contributed by atoms with E-state index >= 15 is 0 Å². The van der Waals surface area contributed by atoms with Crippen LogP contribution in [-0.4, -0.2) is 23.4 Å². The van der Waals surface area contributed by atoms with Gasteiger partial charge < -0.3 is 11.1 Å². The maximum absolute atomic E-state index is 11.6. The van der Waals surface area contributed by atoms with E-state index in [4.69, 9.17) is 5.73 Å². The molecule has 3 N–H and O–H groups in total. The lowest BCUT2D eigenvalue weighted by Crippen LogP contribution is -2.44. The van der Waals surface area contributed by atoms with Crippen LogP contribution >= 0.6 is 0 Å². The molecular weight excluding hydrogens is 246 g/mol. The zero-order valence-corrected chi connectivity index (χ0v) is 11.1. The Morgan fingerprint density at radius 2 is 1.95 bits per heavy atom. The Morgan fingerprint density at radius 3 is 2.42 bits per heavy atom. The van der Waals surface area contributed by atoms with E-state index in [2.05, 4.69) is 5.32 Å². The zero-order chi connectivity index (χ0) is 14.4. The Labute approximate surface area is 112 Å². The van der Waals surface area contributed by atoms with Gasteiger partial charge in [-0.25, -0.2) is 0 Å². The van der Waals surface area contributed by atoms with Crippen LogP contribution in [0.5, 0.6) is 0 Å². The number of carbonyl (C=O) groups is 1. The number of amides is 1. The molecule has 0 saturated carbocycles. The van der Waals surface area contributed by atoms with Crippen LogP contribution in [0.25, 0.3) is 0 Å². The minimum atomic E-state index is -0.503. The highest BCUT2D eigenvalue weighted by Gasteiger charge is 2.16. The Balaban J connectivity index is 2.41. The van der Waals surface area contributed by atoms with Gasteiger partial charge in [0, 0.05) is 18.7 Å². The molecule has 0 aliphatic rings. The molecular formula is C13H19N3O3. The van der Waals surface area contributed by atoms with Gasteiger partial charge in [-0.15, -0.1) is 0 Å². The lowest BCUT2D eigenvalue weighted by Gasteiger charge is -2.15. The number of nitrogens with one attached hydrogen (secondary N) is 1. The third-order valence-electron chi connectivity index (χ3n) is 2.88. The van der Waals surface area contributed by atoms with Crippen molar-refractivity contribution in [2.24, 2.45) is 11.7 Å². The Hall–Kier alpha value is -1.95. The molecule has 1 rings (SSSR count). The second-order valence-corrected chi connectivity index (χ2v) is 4.73. The average Bonchev–Trinajstić information content (AvgIpc) is 2.38. The minimum absolute atomic E-state index is 0.0645. The van der Waals surface area contributed by atoms with Gasteiger partial charge in [-0.1, -0.05) is 26.0 Å². The molecule has 0 spiro atoms. The third-order valence-corrected chi connectivity index (χ3v) is 2.88. The van der Waals surface area contributed by atoms with Crippen molar-refractivity contribution in [2.45, 2.75) is 26.3 Å². The predicted octanol–water partition coefficient (Wildman–Crippen LogP) is 1.24. The number of hydrogen-bond acceptors (Lipinski definition) is 4. The van der Waals surface area contributed by atoms with Gasteiger partial charge >= 0.3 is 0 Å². The van der Waals surface area contributed by atoms with Gasteiger partial charge in [0.15, 0.2) is 0 Å². The summed E-state index contributed by atoms with van der Waals surface area (Å²) in [5.41, 5.74) is 6.70. The van der Waals surface area contributed by atoms with Crippen molar-refractivity contribution >= 4 is 11.6 Å². The van der Waals surface area contributed by atoms with E-state index in [0.717, 1.165) is 5.56 Å². The lowest BCUT2D eigenvalue weighted by atomic mass is 10.0. The third kappa shape index (κ3) is 4.67. The molecule has 6 heteroatoms. The van der Waals surface area contributed by atoms with Gasteiger partial charge in [-0.05, 0) is 17.9 Å². The topological polar surface area (TPSA) is 98.3 Å². The van der Waals surface area contributed by atoms with Crippen LogP contribution in [0.4, 0.5) is 5.69 Å². The number of carbonyl (C=O) groups excluding carboxylic acids is 1. The standard InChI is InChI=1S/C13H19N3O3/c1-9(2)12(14)13(17)15-8-7-10-3-5-11(6-4-10)16(18)19/h3-6,9,12H,7-8,14H2,1-2H3,(H,15,17)/t12-/m0/s1. The highest BCUT2D eigenvalue weighted by atomic mass is 16.6. The van der Waals surface area contributed by atoms with Crippen molar-refractivity contribution in [2.75, 3.05) is 6.54 Å². The number of nitrogens with zero attached hydrogens (tertiary/aromatic N) is 1. The van der Waals surface area contributed by atoms with Crippen LogP contribution < -0.4 is 11.1 Å².